The molecule has 1 aliphatic heterocycles. The zero-order valence-electron chi connectivity index (χ0n) is 18.6. The Bertz CT molecular complexity index is 937. The number of carbonyl (C=O) groups is 3. The van der Waals surface area contributed by atoms with E-state index in [1.165, 1.54) is 0 Å². The maximum absolute atomic E-state index is 12.5. The summed E-state index contributed by atoms with van der Waals surface area (Å²) in [6, 6.07) is 14.6. The Balaban J connectivity index is 1.47. The molecule has 1 aliphatic rings. The minimum atomic E-state index is -0.189. The van der Waals surface area contributed by atoms with Gasteiger partial charge in [0.1, 0.15) is 0 Å². The summed E-state index contributed by atoms with van der Waals surface area (Å²) >= 11 is 0. The molecule has 3 amide bonds. The van der Waals surface area contributed by atoms with Crippen LogP contribution in [0.4, 0.5) is 11.4 Å². The second kappa shape index (κ2) is 11.3. The Kier molecular flexibility index (Phi) is 8.21. The van der Waals surface area contributed by atoms with Crippen molar-refractivity contribution in [2.45, 2.75) is 12.8 Å². The molecular weight excluding hydrogens is 408 g/mol. The molecule has 8 nitrogen and oxygen atoms in total. The smallest absolute Gasteiger partial charge is 0.254 e. The summed E-state index contributed by atoms with van der Waals surface area (Å²) in [5.41, 5.74) is 3.08. The van der Waals surface area contributed by atoms with E-state index in [0.717, 1.165) is 11.3 Å². The van der Waals surface area contributed by atoms with Crippen LogP contribution in [-0.2, 0) is 20.7 Å². The molecule has 32 heavy (non-hydrogen) atoms. The number of rotatable bonds is 8. The lowest BCUT2D eigenvalue weighted by molar-refractivity contribution is -0.128. The largest absolute Gasteiger partial charge is 0.378 e. The van der Waals surface area contributed by atoms with Crippen LogP contribution in [0, 0.1) is 0 Å². The van der Waals surface area contributed by atoms with E-state index >= 15 is 0 Å². The molecule has 0 spiro atoms. The van der Waals surface area contributed by atoms with Gasteiger partial charge in [0.25, 0.3) is 5.91 Å². The third-order valence-corrected chi connectivity index (χ3v) is 5.22. The summed E-state index contributed by atoms with van der Waals surface area (Å²) in [7, 11) is 3.49. The van der Waals surface area contributed by atoms with Gasteiger partial charge in [0, 0.05) is 50.5 Å². The van der Waals surface area contributed by atoms with E-state index in [9.17, 15) is 14.4 Å². The van der Waals surface area contributed by atoms with Gasteiger partial charge in [0.2, 0.25) is 11.8 Å². The van der Waals surface area contributed by atoms with Crippen molar-refractivity contribution in [3.63, 3.8) is 0 Å². The summed E-state index contributed by atoms with van der Waals surface area (Å²) in [5.74, 6) is -0.133. The number of nitrogens with one attached hydrogen (secondary N) is 2. The monoisotopic (exact) mass is 438 g/mol. The molecule has 1 heterocycles. The van der Waals surface area contributed by atoms with Crippen molar-refractivity contribution >= 4 is 29.1 Å². The predicted octanol–water partition coefficient (Wildman–Crippen LogP) is 2.23. The molecule has 0 aliphatic carbocycles. The molecule has 1 saturated heterocycles. The highest BCUT2D eigenvalue weighted by molar-refractivity contribution is 5.96. The number of hydrogen-bond donors (Lipinski definition) is 2. The minimum absolute atomic E-state index is 0.0278. The topological polar surface area (TPSA) is 91.0 Å². The lowest BCUT2D eigenvalue weighted by Gasteiger charge is -2.26. The summed E-state index contributed by atoms with van der Waals surface area (Å²) in [6.45, 7) is 2.41. The Morgan fingerprint density at radius 2 is 1.72 bits per heavy atom. The summed E-state index contributed by atoms with van der Waals surface area (Å²) in [6.07, 6.45) is 1.09. The average molecular weight is 439 g/mol. The van der Waals surface area contributed by atoms with Gasteiger partial charge >= 0.3 is 0 Å². The van der Waals surface area contributed by atoms with Crippen molar-refractivity contribution in [1.29, 1.82) is 0 Å². The van der Waals surface area contributed by atoms with Gasteiger partial charge in [0.15, 0.2) is 0 Å². The van der Waals surface area contributed by atoms with Gasteiger partial charge in [-0.15, -0.1) is 0 Å². The summed E-state index contributed by atoms with van der Waals surface area (Å²) in [4.78, 5) is 39.9. The van der Waals surface area contributed by atoms with Crippen LogP contribution in [0.25, 0.3) is 0 Å². The van der Waals surface area contributed by atoms with E-state index in [1.54, 1.807) is 48.2 Å². The van der Waals surface area contributed by atoms with E-state index in [-0.39, 0.29) is 24.3 Å². The van der Waals surface area contributed by atoms with E-state index < -0.39 is 0 Å². The SMILES string of the molecule is CN(C)C(=O)CCc1cccc(NCC(=O)Nc2ccc(C(=O)N3CCOCC3)cc2)c1. The molecule has 170 valence electrons. The molecule has 3 rings (SSSR count). The number of anilines is 2. The van der Waals surface area contributed by atoms with Crippen molar-refractivity contribution in [2.75, 3.05) is 57.6 Å². The van der Waals surface area contributed by atoms with Gasteiger partial charge in [-0.3, -0.25) is 14.4 Å². The van der Waals surface area contributed by atoms with Gasteiger partial charge < -0.3 is 25.2 Å². The first-order valence-electron chi connectivity index (χ1n) is 10.7. The Morgan fingerprint density at radius 3 is 2.41 bits per heavy atom. The van der Waals surface area contributed by atoms with Crippen LogP contribution in [0.1, 0.15) is 22.3 Å². The van der Waals surface area contributed by atoms with Crippen LogP contribution in [0.2, 0.25) is 0 Å². The van der Waals surface area contributed by atoms with Gasteiger partial charge in [-0.2, -0.15) is 0 Å². The number of hydrogen-bond acceptors (Lipinski definition) is 5. The average Bonchev–Trinajstić information content (AvgIpc) is 2.82. The number of aryl methyl sites for hydroxylation is 1. The van der Waals surface area contributed by atoms with Crippen LogP contribution >= 0.6 is 0 Å². The van der Waals surface area contributed by atoms with E-state index in [0.29, 0.717) is 50.4 Å². The van der Waals surface area contributed by atoms with Gasteiger partial charge in [-0.25, -0.2) is 0 Å². The first kappa shape index (κ1) is 23.3. The van der Waals surface area contributed by atoms with E-state index in [2.05, 4.69) is 10.6 Å². The number of nitrogens with zero attached hydrogens (tertiary/aromatic N) is 2. The Hall–Kier alpha value is -3.39. The van der Waals surface area contributed by atoms with Crippen LogP contribution < -0.4 is 10.6 Å². The van der Waals surface area contributed by atoms with Crippen molar-refractivity contribution in [3.05, 3.63) is 59.7 Å². The van der Waals surface area contributed by atoms with Crippen molar-refractivity contribution in [2.24, 2.45) is 0 Å². The number of carbonyl (C=O) groups excluding carboxylic acids is 3. The van der Waals surface area contributed by atoms with Crippen LogP contribution in [-0.4, -0.2) is 74.5 Å². The fraction of sp³-hybridized carbons (Fsp3) is 0.375. The molecule has 2 N–H and O–H groups in total. The first-order chi connectivity index (χ1) is 15.4. The van der Waals surface area contributed by atoms with E-state index in [4.69, 9.17) is 4.74 Å². The maximum Gasteiger partial charge on any atom is 0.254 e. The highest BCUT2D eigenvalue weighted by Crippen LogP contribution is 2.14. The Morgan fingerprint density at radius 1 is 1.00 bits per heavy atom. The standard InChI is InChI=1S/C24H30N4O4/c1-27(2)23(30)11-6-18-4-3-5-21(16-18)25-17-22(29)26-20-9-7-19(8-10-20)24(31)28-12-14-32-15-13-28/h3-5,7-10,16,25H,6,11-15,17H2,1-2H3,(H,26,29). The lowest BCUT2D eigenvalue weighted by atomic mass is 10.1. The van der Waals surface area contributed by atoms with Crippen molar-refractivity contribution < 1.29 is 19.1 Å². The second-order valence-electron chi connectivity index (χ2n) is 7.87. The van der Waals surface area contributed by atoms with Gasteiger partial charge in [-0.05, 0) is 48.4 Å². The molecule has 0 saturated carbocycles. The molecule has 8 heteroatoms. The minimum Gasteiger partial charge on any atom is -0.378 e. The molecule has 0 aromatic heterocycles. The molecular formula is C24H30N4O4. The zero-order chi connectivity index (χ0) is 22.9. The van der Waals surface area contributed by atoms with Gasteiger partial charge in [-0.1, -0.05) is 12.1 Å². The third kappa shape index (κ3) is 6.81. The molecule has 0 bridgehead atoms. The molecule has 2 aromatic carbocycles. The lowest BCUT2D eigenvalue weighted by Crippen LogP contribution is -2.40. The fourth-order valence-corrected chi connectivity index (χ4v) is 3.34. The first-order valence-corrected chi connectivity index (χ1v) is 10.7. The second-order valence-corrected chi connectivity index (χ2v) is 7.87. The Labute approximate surface area is 188 Å². The molecule has 1 fully saturated rings. The summed E-state index contributed by atoms with van der Waals surface area (Å²) < 4.78 is 5.28. The fourth-order valence-electron chi connectivity index (χ4n) is 3.34. The predicted molar refractivity (Wildman–Crippen MR) is 124 cm³/mol. The van der Waals surface area contributed by atoms with Crippen molar-refractivity contribution in [1.82, 2.24) is 9.80 Å². The highest BCUT2D eigenvalue weighted by atomic mass is 16.5. The summed E-state index contributed by atoms with van der Waals surface area (Å²) in [5, 5.41) is 5.94. The van der Waals surface area contributed by atoms with Crippen LogP contribution in [0.15, 0.2) is 48.5 Å². The highest BCUT2D eigenvalue weighted by Gasteiger charge is 2.18. The molecule has 2 aromatic rings. The van der Waals surface area contributed by atoms with Crippen LogP contribution in [0.5, 0.6) is 0 Å². The maximum atomic E-state index is 12.5. The quantitative estimate of drug-likeness (QED) is 0.660. The normalized spacial score (nSPS) is 13.4. The number of benzene rings is 2. The molecule has 0 unspecified atom stereocenters. The molecule has 0 atom stereocenters. The third-order valence-electron chi connectivity index (χ3n) is 5.22. The zero-order valence-corrected chi connectivity index (χ0v) is 18.6. The van der Waals surface area contributed by atoms with Crippen molar-refractivity contribution in [3.8, 4) is 0 Å². The van der Waals surface area contributed by atoms with Gasteiger partial charge in [0.05, 0.1) is 19.8 Å². The van der Waals surface area contributed by atoms with Crippen LogP contribution in [0.3, 0.4) is 0 Å². The number of ether oxygens (including phenoxy) is 1. The number of amides is 3. The number of morpholine rings is 1. The molecule has 0 radical (unpaired) electrons. The van der Waals surface area contributed by atoms with E-state index in [1.807, 2.05) is 24.3 Å².